The van der Waals surface area contributed by atoms with Gasteiger partial charge in [-0.2, -0.15) is 0 Å². The minimum absolute atomic E-state index is 0. The fourth-order valence-electron chi connectivity index (χ4n) is 8.37. The van der Waals surface area contributed by atoms with Crippen molar-refractivity contribution in [2.75, 3.05) is 49.7 Å². The maximum atomic E-state index is 12.1. The van der Waals surface area contributed by atoms with Crippen LogP contribution >= 0.6 is 11.8 Å². The van der Waals surface area contributed by atoms with Crippen LogP contribution in [0.4, 0.5) is 45.5 Å². The zero-order valence-electron chi connectivity index (χ0n) is 39.3. The van der Waals surface area contributed by atoms with Crippen molar-refractivity contribution in [1.82, 2.24) is 0 Å². The zero-order chi connectivity index (χ0) is 47.4. The first-order valence-electron chi connectivity index (χ1n) is 22.1. The van der Waals surface area contributed by atoms with Crippen LogP contribution in [0.25, 0.3) is 22.3 Å². The van der Waals surface area contributed by atoms with Crippen molar-refractivity contribution in [2.45, 2.75) is 28.4 Å². The molecule has 344 valence electrons. The number of nitrogens with zero attached hydrogens (tertiary/aromatic N) is 3. The monoisotopic (exact) mass is 979 g/mol. The van der Waals surface area contributed by atoms with E-state index in [0.717, 1.165) is 101 Å². The van der Waals surface area contributed by atoms with Gasteiger partial charge in [-0.1, -0.05) is 48.2 Å². The zero-order valence-corrected chi connectivity index (χ0v) is 44.1. The smallest absolute Gasteiger partial charge is 0.748 e. The van der Waals surface area contributed by atoms with E-state index in [-0.39, 0.29) is 57.8 Å². The van der Waals surface area contributed by atoms with Crippen LogP contribution in [0.5, 0.6) is 23.0 Å². The van der Waals surface area contributed by atoms with Gasteiger partial charge in [0, 0.05) is 55.7 Å². The van der Waals surface area contributed by atoms with Gasteiger partial charge in [0.05, 0.1) is 49.9 Å². The van der Waals surface area contributed by atoms with Crippen LogP contribution in [0.1, 0.15) is 13.3 Å². The van der Waals surface area contributed by atoms with E-state index in [9.17, 15) is 13.0 Å². The number of anilines is 8. The Labute approximate surface area is 451 Å². The van der Waals surface area contributed by atoms with Crippen molar-refractivity contribution in [3.8, 4) is 45.3 Å². The summed E-state index contributed by atoms with van der Waals surface area (Å²) in [5.41, 5.74) is 11.9. The van der Waals surface area contributed by atoms with Crippen LogP contribution in [0.15, 0.2) is 192 Å². The quantitative estimate of drug-likeness (QED) is 0.0683. The molecule has 0 saturated heterocycles. The van der Waals surface area contributed by atoms with E-state index >= 15 is 0 Å². The van der Waals surface area contributed by atoms with Crippen molar-refractivity contribution < 1.29 is 83.3 Å². The first kappa shape index (κ1) is 49.7. The molecule has 0 aliphatic carbocycles. The van der Waals surface area contributed by atoms with Crippen molar-refractivity contribution >= 4 is 67.4 Å². The molecule has 8 aromatic carbocycles. The van der Waals surface area contributed by atoms with Crippen molar-refractivity contribution in [2.24, 2.45) is 0 Å². The van der Waals surface area contributed by atoms with Gasteiger partial charge in [0.2, 0.25) is 0 Å². The summed E-state index contributed by atoms with van der Waals surface area (Å²) in [6, 6.07) is 61.7. The Morgan fingerprint density at radius 3 is 1.01 bits per heavy atom. The van der Waals surface area contributed by atoms with Gasteiger partial charge in [-0.05, 0) is 181 Å². The molecule has 1 aliphatic rings. The maximum absolute atomic E-state index is 12.1. The molecule has 1 heterocycles. The van der Waals surface area contributed by atoms with Gasteiger partial charge < -0.3 is 38.2 Å². The Bertz CT molecular complexity index is 2830. The Hall–Kier alpha value is -5.74. The molecular formula is C56H50KN3O7S2. The molecule has 69 heavy (non-hydrogen) atoms. The summed E-state index contributed by atoms with van der Waals surface area (Å²) in [5, 5.41) is -1.04. The first-order valence-corrected chi connectivity index (χ1v) is 24.4. The predicted molar refractivity (Wildman–Crippen MR) is 274 cm³/mol. The molecule has 8 aromatic rings. The summed E-state index contributed by atoms with van der Waals surface area (Å²) in [6.07, 6.45) is 0.180. The molecule has 0 N–H and O–H groups in total. The Balaban J connectivity index is 0.00000642. The Morgan fingerprint density at radius 1 is 0.464 bits per heavy atom. The largest absolute Gasteiger partial charge is 1.00 e. The average Bonchev–Trinajstić information content (AvgIpc) is 3.38. The summed E-state index contributed by atoms with van der Waals surface area (Å²) >= 11 is 1.68. The van der Waals surface area contributed by atoms with Gasteiger partial charge >= 0.3 is 51.4 Å². The van der Waals surface area contributed by atoms with E-state index in [4.69, 9.17) is 18.9 Å². The molecule has 0 amide bonds. The minimum Gasteiger partial charge on any atom is -0.748 e. The van der Waals surface area contributed by atoms with E-state index in [1.54, 1.807) is 40.2 Å². The molecule has 0 aromatic heterocycles. The molecule has 0 bridgehead atoms. The molecule has 0 radical (unpaired) electrons. The van der Waals surface area contributed by atoms with Gasteiger partial charge in [0.25, 0.3) is 0 Å². The van der Waals surface area contributed by atoms with Crippen molar-refractivity contribution in [3.63, 3.8) is 0 Å². The Morgan fingerprint density at radius 2 is 0.739 bits per heavy atom. The summed E-state index contributed by atoms with van der Waals surface area (Å²) in [5.74, 6) is 3.11. The molecule has 13 heteroatoms. The van der Waals surface area contributed by atoms with Crippen LogP contribution in [0.3, 0.4) is 0 Å². The third kappa shape index (κ3) is 11.0. The fourth-order valence-corrected chi connectivity index (χ4v) is 9.94. The van der Waals surface area contributed by atoms with Crippen LogP contribution in [0, 0.1) is 0 Å². The van der Waals surface area contributed by atoms with E-state index in [1.165, 1.54) is 6.92 Å². The second-order valence-corrected chi connectivity index (χ2v) is 19.1. The van der Waals surface area contributed by atoms with E-state index in [1.807, 2.05) is 97.1 Å². The van der Waals surface area contributed by atoms with Crippen LogP contribution in [0.2, 0.25) is 0 Å². The molecule has 1 aliphatic heterocycles. The second-order valence-electron chi connectivity index (χ2n) is 16.3. The number of benzene rings is 8. The molecule has 1 unspecified atom stereocenters. The first-order chi connectivity index (χ1) is 33.0. The minimum atomic E-state index is -4.46. The van der Waals surface area contributed by atoms with E-state index in [2.05, 4.69) is 99.6 Å². The second kappa shape index (κ2) is 21.9. The third-order valence-corrected chi connectivity index (χ3v) is 14.5. The van der Waals surface area contributed by atoms with Crippen molar-refractivity contribution in [3.05, 3.63) is 182 Å². The molecular weight excluding hydrogens is 930 g/mol. The number of rotatable bonds is 16. The fraction of sp³-hybridized carbons (Fsp3) is 0.143. The molecule has 10 nitrogen and oxygen atoms in total. The summed E-state index contributed by atoms with van der Waals surface area (Å²) < 4.78 is 57.9. The van der Waals surface area contributed by atoms with Gasteiger partial charge in [-0.3, -0.25) is 0 Å². The maximum Gasteiger partial charge on any atom is 1.00 e. The van der Waals surface area contributed by atoms with Gasteiger partial charge in [0.15, 0.2) is 0 Å². The topological polar surface area (TPSA) is 104 Å². The molecule has 0 spiro atoms. The van der Waals surface area contributed by atoms with Crippen molar-refractivity contribution in [1.29, 1.82) is 0 Å². The third-order valence-electron chi connectivity index (χ3n) is 12.2. The van der Waals surface area contributed by atoms with Crippen LogP contribution < -0.4 is 85.0 Å². The van der Waals surface area contributed by atoms with Crippen LogP contribution in [-0.4, -0.2) is 53.2 Å². The molecule has 1 atom stereocenters. The molecule has 0 fully saturated rings. The van der Waals surface area contributed by atoms with Crippen LogP contribution in [-0.2, 0) is 10.1 Å². The molecule has 0 saturated carbocycles. The number of hydrogen-bond acceptors (Lipinski definition) is 11. The normalized spacial score (nSPS) is 12.2. The van der Waals surface area contributed by atoms with Gasteiger partial charge in [0.1, 0.15) is 23.0 Å². The van der Waals surface area contributed by atoms with Gasteiger partial charge in [-0.15, -0.1) is 0 Å². The number of hydrogen-bond donors (Lipinski definition) is 0. The van der Waals surface area contributed by atoms with E-state index in [0.29, 0.717) is 6.54 Å². The predicted octanol–water partition coefficient (Wildman–Crippen LogP) is 10.9. The summed E-state index contributed by atoms with van der Waals surface area (Å²) in [4.78, 5) is 8.57. The van der Waals surface area contributed by atoms with Gasteiger partial charge in [-0.25, -0.2) is 8.42 Å². The standard InChI is InChI=1S/C56H51N3O7S2.K/c1-38(68(60,61)62)34-35-57-53-32-10-41(39-6-12-43(13-7-39)58(45-16-24-49(63-2)25-17-45)46-18-26-50(64-3)27-19-46)36-55(53)67-56-37-42(11-33-54(56)57)40-8-14-44(15-9-40)59(47-20-28-51(65-4)29-21-47)48-22-30-52(66-5)31-23-48;/h6-33,36-38H,34-35H2,1-5H3,(H,60,61,62);/q;+1/p-1. The summed E-state index contributed by atoms with van der Waals surface area (Å²) in [6.45, 7) is 1.83. The van der Waals surface area contributed by atoms with E-state index < -0.39 is 15.4 Å². The average molecular weight is 980 g/mol. The molecule has 9 rings (SSSR count). The number of fused-ring (bicyclic) bond motifs is 2. The SMILES string of the molecule is COc1ccc(N(c2ccc(OC)cc2)c2ccc(-c3ccc4c(c3)Sc3cc(-c5ccc(N(c6ccc(OC)cc6)c6ccc(OC)cc6)cc5)ccc3N4CCC(C)S(=O)(=O)[O-])cc2)cc1.[K+]. The number of methoxy groups -OCH3 is 4. The number of ether oxygens (including phenoxy) is 4. The Kier molecular flexibility index (Phi) is 15.8. The summed E-state index contributed by atoms with van der Waals surface area (Å²) in [7, 11) is 2.18.